The van der Waals surface area contributed by atoms with Gasteiger partial charge in [-0.3, -0.25) is 4.79 Å². The van der Waals surface area contributed by atoms with Crippen molar-refractivity contribution in [3.63, 3.8) is 0 Å². The topological polar surface area (TPSA) is 47.3 Å². The molecule has 4 nitrogen and oxygen atoms in total. The number of fused-ring (bicyclic) bond motifs is 1. The van der Waals surface area contributed by atoms with E-state index >= 15 is 0 Å². The SMILES string of the molecule is O=c1/c(=C/c2cccc(F)c2)sc2nc(-c3ccccc3)nn12. The van der Waals surface area contributed by atoms with Crippen LogP contribution in [0, 0.1) is 5.82 Å². The molecule has 6 heteroatoms. The van der Waals surface area contributed by atoms with Crippen molar-refractivity contribution in [3.8, 4) is 11.4 Å². The molecule has 4 rings (SSSR count). The number of hydrogen-bond donors (Lipinski definition) is 0. The van der Waals surface area contributed by atoms with Crippen LogP contribution in [0.15, 0.2) is 59.4 Å². The zero-order valence-electron chi connectivity index (χ0n) is 11.8. The fourth-order valence-electron chi connectivity index (χ4n) is 2.29. The highest BCUT2D eigenvalue weighted by molar-refractivity contribution is 7.15. The van der Waals surface area contributed by atoms with Crippen LogP contribution >= 0.6 is 11.3 Å². The molecule has 0 aliphatic carbocycles. The molecule has 0 bridgehead atoms. The maximum Gasteiger partial charge on any atom is 0.291 e. The summed E-state index contributed by atoms with van der Waals surface area (Å²) < 4.78 is 15.0. The fourth-order valence-corrected chi connectivity index (χ4v) is 3.20. The summed E-state index contributed by atoms with van der Waals surface area (Å²) in [6.07, 6.45) is 1.65. The van der Waals surface area contributed by atoms with Gasteiger partial charge >= 0.3 is 0 Å². The third-order valence-corrected chi connectivity index (χ3v) is 4.32. The van der Waals surface area contributed by atoms with Crippen molar-refractivity contribution < 1.29 is 4.39 Å². The lowest BCUT2D eigenvalue weighted by atomic mass is 10.2. The first-order valence-electron chi connectivity index (χ1n) is 6.93. The summed E-state index contributed by atoms with van der Waals surface area (Å²) in [5, 5.41) is 4.27. The highest BCUT2D eigenvalue weighted by Crippen LogP contribution is 2.15. The molecule has 0 fully saturated rings. The molecule has 0 aliphatic rings. The van der Waals surface area contributed by atoms with E-state index in [9.17, 15) is 9.18 Å². The third kappa shape index (κ3) is 2.53. The summed E-state index contributed by atoms with van der Waals surface area (Å²) in [5.74, 6) is 0.184. The molecule has 112 valence electrons. The van der Waals surface area contributed by atoms with Crippen molar-refractivity contribution in [2.24, 2.45) is 0 Å². The molecule has 0 saturated heterocycles. The van der Waals surface area contributed by atoms with Gasteiger partial charge in [-0.15, -0.1) is 5.10 Å². The van der Waals surface area contributed by atoms with Crippen molar-refractivity contribution in [3.05, 3.63) is 80.9 Å². The van der Waals surface area contributed by atoms with Gasteiger partial charge in [0.05, 0.1) is 4.53 Å². The number of nitrogens with zero attached hydrogens (tertiary/aromatic N) is 3. The lowest BCUT2D eigenvalue weighted by molar-refractivity contribution is 0.627. The van der Waals surface area contributed by atoms with Crippen molar-refractivity contribution in [2.75, 3.05) is 0 Å². The molecular weight excluding hydrogens is 313 g/mol. The first kappa shape index (κ1) is 13.8. The van der Waals surface area contributed by atoms with E-state index in [1.807, 2.05) is 30.3 Å². The van der Waals surface area contributed by atoms with Crippen molar-refractivity contribution >= 4 is 22.4 Å². The van der Waals surface area contributed by atoms with E-state index in [2.05, 4.69) is 10.1 Å². The van der Waals surface area contributed by atoms with Gasteiger partial charge in [0.1, 0.15) is 5.82 Å². The van der Waals surface area contributed by atoms with Gasteiger partial charge < -0.3 is 0 Å². The maximum absolute atomic E-state index is 13.2. The molecule has 0 unspecified atom stereocenters. The van der Waals surface area contributed by atoms with Gasteiger partial charge in [0.2, 0.25) is 4.96 Å². The Bertz CT molecular complexity index is 1100. The average Bonchev–Trinajstić information content (AvgIpc) is 3.09. The van der Waals surface area contributed by atoms with Gasteiger partial charge in [-0.25, -0.2) is 4.39 Å². The standard InChI is InChI=1S/C17H10FN3OS/c18-13-8-4-5-11(9-13)10-14-16(22)21-17(23-14)19-15(20-21)12-6-2-1-3-7-12/h1-10H/b14-10-. The molecule has 2 aromatic carbocycles. The molecule has 2 heterocycles. The molecule has 0 saturated carbocycles. The van der Waals surface area contributed by atoms with Gasteiger partial charge in [-0.1, -0.05) is 53.8 Å². The molecule has 2 aromatic heterocycles. The molecule has 0 atom stereocenters. The summed E-state index contributed by atoms with van der Waals surface area (Å²) in [6, 6.07) is 15.6. The zero-order valence-corrected chi connectivity index (χ0v) is 12.6. The lowest BCUT2D eigenvalue weighted by Crippen LogP contribution is -2.23. The Labute approximate surface area is 134 Å². The Morgan fingerprint density at radius 1 is 1.09 bits per heavy atom. The smallest absolute Gasteiger partial charge is 0.266 e. The van der Waals surface area contributed by atoms with Crippen LogP contribution in [0.25, 0.3) is 22.4 Å². The monoisotopic (exact) mass is 323 g/mol. The Kier molecular flexibility index (Phi) is 3.24. The molecular formula is C17H10FN3OS. The normalized spacial score (nSPS) is 12.1. The zero-order chi connectivity index (χ0) is 15.8. The van der Waals surface area contributed by atoms with E-state index < -0.39 is 0 Å². The Hall–Kier alpha value is -2.86. The van der Waals surface area contributed by atoms with E-state index in [1.165, 1.54) is 28.0 Å². The van der Waals surface area contributed by atoms with E-state index in [0.29, 0.717) is 20.9 Å². The Morgan fingerprint density at radius 2 is 1.91 bits per heavy atom. The van der Waals surface area contributed by atoms with Crippen LogP contribution in [0.1, 0.15) is 5.56 Å². The second-order valence-electron chi connectivity index (χ2n) is 4.97. The van der Waals surface area contributed by atoms with E-state index in [-0.39, 0.29) is 11.4 Å². The molecule has 0 radical (unpaired) electrons. The summed E-state index contributed by atoms with van der Waals surface area (Å²) in [6.45, 7) is 0. The largest absolute Gasteiger partial charge is 0.291 e. The maximum atomic E-state index is 13.2. The Balaban J connectivity index is 1.84. The van der Waals surface area contributed by atoms with Crippen LogP contribution < -0.4 is 10.1 Å². The first-order chi connectivity index (χ1) is 11.2. The molecule has 0 amide bonds. The van der Waals surface area contributed by atoms with Crippen molar-refractivity contribution in [1.29, 1.82) is 0 Å². The minimum Gasteiger partial charge on any atom is -0.266 e. The van der Waals surface area contributed by atoms with Crippen LogP contribution in [0.4, 0.5) is 4.39 Å². The first-order valence-corrected chi connectivity index (χ1v) is 7.75. The molecule has 4 aromatic rings. The van der Waals surface area contributed by atoms with Gasteiger partial charge in [-0.05, 0) is 23.8 Å². The average molecular weight is 323 g/mol. The number of rotatable bonds is 2. The minimum atomic E-state index is -0.336. The quantitative estimate of drug-likeness (QED) is 0.569. The lowest BCUT2D eigenvalue weighted by Gasteiger charge is -1.92. The van der Waals surface area contributed by atoms with Crippen molar-refractivity contribution in [2.45, 2.75) is 0 Å². The highest BCUT2D eigenvalue weighted by atomic mass is 32.1. The van der Waals surface area contributed by atoms with Gasteiger partial charge in [0.15, 0.2) is 5.82 Å². The summed E-state index contributed by atoms with van der Waals surface area (Å²) in [4.78, 5) is 17.3. The van der Waals surface area contributed by atoms with E-state index in [0.717, 1.165) is 5.56 Å². The summed E-state index contributed by atoms with van der Waals surface area (Å²) in [7, 11) is 0. The van der Waals surface area contributed by atoms with E-state index in [4.69, 9.17) is 0 Å². The van der Waals surface area contributed by atoms with E-state index in [1.54, 1.807) is 18.2 Å². The van der Waals surface area contributed by atoms with Crippen LogP contribution in [0.5, 0.6) is 0 Å². The number of halogens is 1. The fraction of sp³-hybridized carbons (Fsp3) is 0. The predicted molar refractivity (Wildman–Crippen MR) is 87.8 cm³/mol. The number of aromatic nitrogens is 3. The predicted octanol–water partition coefficient (Wildman–Crippen LogP) is 2.50. The Morgan fingerprint density at radius 3 is 2.65 bits per heavy atom. The number of thiazole rings is 1. The van der Waals surface area contributed by atoms with Crippen molar-refractivity contribution in [1.82, 2.24) is 14.6 Å². The van der Waals surface area contributed by atoms with Crippen LogP contribution in [0.3, 0.4) is 0 Å². The van der Waals surface area contributed by atoms with Gasteiger partial charge in [-0.2, -0.15) is 9.50 Å². The second-order valence-corrected chi connectivity index (χ2v) is 5.98. The molecule has 0 spiro atoms. The number of benzene rings is 2. The molecule has 23 heavy (non-hydrogen) atoms. The summed E-state index contributed by atoms with van der Waals surface area (Å²) in [5.41, 5.74) is 1.25. The minimum absolute atomic E-state index is 0.246. The van der Waals surface area contributed by atoms with Crippen LogP contribution in [-0.4, -0.2) is 14.6 Å². The second kappa shape index (κ2) is 5.40. The molecule has 0 aliphatic heterocycles. The molecule has 0 N–H and O–H groups in total. The van der Waals surface area contributed by atoms with Crippen LogP contribution in [-0.2, 0) is 0 Å². The van der Waals surface area contributed by atoms with Crippen LogP contribution in [0.2, 0.25) is 0 Å². The number of hydrogen-bond acceptors (Lipinski definition) is 4. The summed E-state index contributed by atoms with van der Waals surface area (Å²) >= 11 is 1.24. The van der Waals surface area contributed by atoms with Gasteiger partial charge in [0, 0.05) is 5.56 Å². The third-order valence-electron chi connectivity index (χ3n) is 3.36. The van der Waals surface area contributed by atoms with Gasteiger partial charge in [0.25, 0.3) is 5.56 Å². The highest BCUT2D eigenvalue weighted by Gasteiger charge is 2.11.